The Kier molecular flexibility index (Phi) is 63.4. The van der Waals surface area contributed by atoms with Crippen LogP contribution in [0.5, 0.6) is 0 Å². The fourth-order valence-corrected chi connectivity index (χ4v) is 11.2. The molecule has 0 saturated carbocycles. The summed E-state index contributed by atoms with van der Waals surface area (Å²) in [5.74, 6) is -0.00978. The summed E-state index contributed by atoms with van der Waals surface area (Å²) in [5, 5.41) is 23.4. The van der Waals surface area contributed by atoms with Crippen LogP contribution < -0.4 is 5.32 Å². The van der Waals surface area contributed by atoms with Gasteiger partial charge in [0.1, 0.15) is 0 Å². The van der Waals surface area contributed by atoms with Crippen molar-refractivity contribution >= 4 is 11.9 Å². The number of unbranched alkanes of at least 4 members (excludes halogenated alkanes) is 54. The topological polar surface area (TPSA) is 95.9 Å². The fraction of sp³-hybridized carbons (Fsp3) is 0.971. The van der Waals surface area contributed by atoms with Gasteiger partial charge in [0, 0.05) is 12.8 Å². The lowest BCUT2D eigenvalue weighted by molar-refractivity contribution is -0.143. The smallest absolute Gasteiger partial charge is 0.305 e. The fourth-order valence-electron chi connectivity index (χ4n) is 11.2. The predicted octanol–water partition coefficient (Wildman–Crippen LogP) is 21.8. The van der Waals surface area contributed by atoms with Gasteiger partial charge in [-0.15, -0.1) is 0 Å². The van der Waals surface area contributed by atoms with E-state index in [0.29, 0.717) is 25.9 Å². The van der Waals surface area contributed by atoms with Crippen LogP contribution >= 0.6 is 0 Å². The van der Waals surface area contributed by atoms with E-state index in [2.05, 4.69) is 19.2 Å². The second-order valence-electron chi connectivity index (χ2n) is 23.9. The molecule has 0 aliphatic carbocycles. The van der Waals surface area contributed by atoms with Crippen LogP contribution in [0, 0.1) is 0 Å². The molecule has 3 N–H and O–H groups in total. The van der Waals surface area contributed by atoms with Crippen molar-refractivity contribution in [1.82, 2.24) is 5.32 Å². The largest absolute Gasteiger partial charge is 0.466 e. The number of carbonyl (C=O) groups is 2. The third-order valence-corrected chi connectivity index (χ3v) is 16.4. The van der Waals surface area contributed by atoms with Gasteiger partial charge in [0.2, 0.25) is 5.91 Å². The highest BCUT2D eigenvalue weighted by atomic mass is 16.5. The lowest BCUT2D eigenvalue weighted by Gasteiger charge is -2.22. The zero-order chi connectivity index (χ0) is 53.6. The standard InChI is InChI=1S/C68H135NO5/c1-3-5-7-9-11-13-15-17-18-19-20-28-31-34-37-40-44-48-52-56-60-66(71)65(64-70)69-67(72)61-57-53-49-45-41-38-35-32-29-26-24-22-21-23-25-27-30-33-36-39-43-47-51-55-59-63-74-68(73)62-58-54-50-46-42-16-14-12-10-8-6-4-2/h65-66,70-71H,3-64H2,1-2H3,(H,69,72). The molecule has 0 radical (unpaired) electrons. The summed E-state index contributed by atoms with van der Waals surface area (Å²) in [5.41, 5.74) is 0. The van der Waals surface area contributed by atoms with Crippen molar-refractivity contribution in [2.75, 3.05) is 13.2 Å². The van der Waals surface area contributed by atoms with Gasteiger partial charge in [0.25, 0.3) is 0 Å². The van der Waals surface area contributed by atoms with Gasteiger partial charge in [-0.05, 0) is 25.7 Å². The van der Waals surface area contributed by atoms with Gasteiger partial charge in [-0.1, -0.05) is 361 Å². The number of aliphatic hydroxyl groups is 2. The summed E-state index contributed by atoms with van der Waals surface area (Å²) in [6.45, 7) is 5.00. The molecule has 0 aromatic heterocycles. The van der Waals surface area contributed by atoms with Crippen LogP contribution in [0.15, 0.2) is 0 Å². The zero-order valence-electron chi connectivity index (χ0n) is 50.6. The summed E-state index contributed by atoms with van der Waals surface area (Å²) < 4.78 is 5.48. The molecule has 0 saturated heterocycles. The van der Waals surface area contributed by atoms with Gasteiger partial charge >= 0.3 is 5.97 Å². The lowest BCUT2D eigenvalue weighted by Crippen LogP contribution is -2.45. The molecular weight excluding hydrogens is 911 g/mol. The number of hydrogen-bond acceptors (Lipinski definition) is 5. The van der Waals surface area contributed by atoms with Crippen molar-refractivity contribution in [3.8, 4) is 0 Å². The maximum absolute atomic E-state index is 12.5. The minimum atomic E-state index is -0.663. The summed E-state index contributed by atoms with van der Waals surface area (Å²) >= 11 is 0. The first-order valence-electron chi connectivity index (χ1n) is 34.3. The van der Waals surface area contributed by atoms with Gasteiger partial charge in [-0.25, -0.2) is 0 Å². The third-order valence-electron chi connectivity index (χ3n) is 16.4. The highest BCUT2D eigenvalue weighted by molar-refractivity contribution is 5.76. The molecule has 2 atom stereocenters. The molecule has 0 bridgehead atoms. The van der Waals surface area contributed by atoms with Crippen LogP contribution in [0.3, 0.4) is 0 Å². The number of carbonyl (C=O) groups excluding carboxylic acids is 2. The Labute approximate surface area is 464 Å². The Morgan fingerprint density at radius 1 is 0.324 bits per heavy atom. The van der Waals surface area contributed by atoms with Crippen molar-refractivity contribution in [3.05, 3.63) is 0 Å². The van der Waals surface area contributed by atoms with Crippen molar-refractivity contribution in [2.45, 2.75) is 411 Å². The SMILES string of the molecule is CCCCCCCCCCCCCCCCCCCCCCC(O)C(CO)NC(=O)CCCCCCCCCCCCCCCCCCCCCCCCCCCOC(=O)CCCCCCCCCCCCCC. The monoisotopic (exact) mass is 1050 g/mol. The molecule has 0 aromatic rings. The molecule has 0 heterocycles. The maximum Gasteiger partial charge on any atom is 0.305 e. The molecule has 6 heteroatoms. The Hall–Kier alpha value is -1.14. The van der Waals surface area contributed by atoms with Crippen molar-refractivity contribution in [3.63, 3.8) is 0 Å². The highest BCUT2D eigenvalue weighted by Crippen LogP contribution is 2.19. The number of amides is 1. The number of ether oxygens (including phenoxy) is 1. The summed E-state index contributed by atoms with van der Waals surface area (Å²) in [7, 11) is 0. The minimum absolute atomic E-state index is 0.0184. The highest BCUT2D eigenvalue weighted by Gasteiger charge is 2.20. The first kappa shape index (κ1) is 72.9. The van der Waals surface area contributed by atoms with E-state index in [1.165, 1.54) is 327 Å². The second kappa shape index (κ2) is 64.4. The van der Waals surface area contributed by atoms with E-state index < -0.39 is 12.1 Å². The number of esters is 1. The Morgan fingerprint density at radius 2 is 0.554 bits per heavy atom. The molecule has 442 valence electrons. The van der Waals surface area contributed by atoms with Crippen LogP contribution in [-0.2, 0) is 14.3 Å². The first-order chi connectivity index (χ1) is 36.5. The summed E-state index contributed by atoms with van der Waals surface area (Å²) in [6, 6.07) is -0.540. The summed E-state index contributed by atoms with van der Waals surface area (Å²) in [4.78, 5) is 24.6. The van der Waals surface area contributed by atoms with Gasteiger partial charge in [0.15, 0.2) is 0 Å². The van der Waals surface area contributed by atoms with Crippen molar-refractivity contribution in [1.29, 1.82) is 0 Å². The van der Waals surface area contributed by atoms with E-state index >= 15 is 0 Å². The molecule has 0 aromatic carbocycles. The van der Waals surface area contributed by atoms with Gasteiger partial charge in [-0.3, -0.25) is 9.59 Å². The molecule has 1 amide bonds. The lowest BCUT2D eigenvalue weighted by atomic mass is 10.0. The molecular formula is C68H135NO5. The van der Waals surface area contributed by atoms with Crippen LogP contribution in [-0.4, -0.2) is 47.4 Å². The normalized spacial score (nSPS) is 12.4. The van der Waals surface area contributed by atoms with Gasteiger partial charge in [0.05, 0.1) is 25.4 Å². The quantitative estimate of drug-likeness (QED) is 0.0417. The molecule has 6 nitrogen and oxygen atoms in total. The average Bonchev–Trinajstić information content (AvgIpc) is 3.40. The number of aliphatic hydroxyl groups excluding tert-OH is 2. The zero-order valence-corrected chi connectivity index (χ0v) is 50.6. The van der Waals surface area contributed by atoms with E-state index in [-0.39, 0.29) is 18.5 Å². The molecule has 0 rings (SSSR count). The predicted molar refractivity (Wildman–Crippen MR) is 324 cm³/mol. The molecule has 0 spiro atoms. The third kappa shape index (κ3) is 60.1. The van der Waals surface area contributed by atoms with E-state index in [9.17, 15) is 19.8 Å². The summed E-state index contributed by atoms with van der Waals surface area (Å²) in [6.07, 6.45) is 77.1. The van der Waals surface area contributed by atoms with Crippen LogP contribution in [0.2, 0.25) is 0 Å². The molecule has 0 aliphatic heterocycles. The van der Waals surface area contributed by atoms with E-state index in [4.69, 9.17) is 4.74 Å². The van der Waals surface area contributed by atoms with Crippen LogP contribution in [0.25, 0.3) is 0 Å². The molecule has 74 heavy (non-hydrogen) atoms. The molecule has 0 fully saturated rings. The number of nitrogens with one attached hydrogen (secondary N) is 1. The van der Waals surface area contributed by atoms with Crippen LogP contribution in [0.1, 0.15) is 399 Å². The molecule has 2 unspecified atom stereocenters. The Morgan fingerprint density at radius 3 is 0.824 bits per heavy atom. The minimum Gasteiger partial charge on any atom is -0.466 e. The van der Waals surface area contributed by atoms with E-state index in [1.807, 2.05) is 0 Å². The average molecular weight is 1050 g/mol. The van der Waals surface area contributed by atoms with Crippen molar-refractivity contribution in [2.24, 2.45) is 0 Å². The van der Waals surface area contributed by atoms with Gasteiger partial charge < -0.3 is 20.3 Å². The second-order valence-corrected chi connectivity index (χ2v) is 23.9. The van der Waals surface area contributed by atoms with Crippen molar-refractivity contribution < 1.29 is 24.5 Å². The first-order valence-corrected chi connectivity index (χ1v) is 34.3. The Balaban J connectivity index is 3.35. The van der Waals surface area contributed by atoms with Gasteiger partial charge in [-0.2, -0.15) is 0 Å². The number of hydrogen-bond donors (Lipinski definition) is 3. The Bertz CT molecular complexity index is 1070. The maximum atomic E-state index is 12.5. The van der Waals surface area contributed by atoms with E-state index in [0.717, 1.165) is 38.5 Å². The van der Waals surface area contributed by atoms with Crippen LogP contribution in [0.4, 0.5) is 0 Å². The van der Waals surface area contributed by atoms with E-state index in [1.54, 1.807) is 0 Å². The number of rotatable bonds is 65. The molecule has 0 aliphatic rings.